The van der Waals surface area contributed by atoms with Crippen molar-refractivity contribution in [2.75, 3.05) is 5.32 Å². The maximum Gasteiger partial charge on any atom is 0.326 e. The van der Waals surface area contributed by atoms with E-state index in [0.717, 1.165) is 28.0 Å². The van der Waals surface area contributed by atoms with Crippen molar-refractivity contribution in [2.45, 2.75) is 6.54 Å². The molecule has 0 unspecified atom stereocenters. The summed E-state index contributed by atoms with van der Waals surface area (Å²) in [5.41, 5.74) is 4.52. The number of aromatic nitrogens is 2. The molecular weight excluding hydrogens is 334 g/mol. The van der Waals surface area contributed by atoms with Gasteiger partial charge in [-0.2, -0.15) is 0 Å². The number of imidazole rings is 1. The van der Waals surface area contributed by atoms with Gasteiger partial charge in [-0.1, -0.05) is 41.9 Å². The molecule has 0 aliphatic carbocycles. The van der Waals surface area contributed by atoms with Crippen molar-refractivity contribution in [1.82, 2.24) is 9.55 Å². The maximum absolute atomic E-state index is 12.3. The molecule has 0 fully saturated rings. The summed E-state index contributed by atoms with van der Waals surface area (Å²) in [6.07, 6.45) is 0. The SMILES string of the molecule is O=c1[nH]c2cc(Nc3ccccc3)ccc2n1Cc1ccc(Cl)cc1. The van der Waals surface area contributed by atoms with Crippen LogP contribution < -0.4 is 11.0 Å². The van der Waals surface area contributed by atoms with E-state index in [1.54, 1.807) is 4.57 Å². The number of hydrogen-bond donors (Lipinski definition) is 2. The van der Waals surface area contributed by atoms with Crippen molar-refractivity contribution in [3.8, 4) is 0 Å². The van der Waals surface area contributed by atoms with Crippen LogP contribution in [0.1, 0.15) is 5.56 Å². The van der Waals surface area contributed by atoms with Crippen LogP contribution in [0.25, 0.3) is 11.0 Å². The van der Waals surface area contributed by atoms with Gasteiger partial charge in [-0.05, 0) is 48.0 Å². The minimum Gasteiger partial charge on any atom is -0.355 e. The van der Waals surface area contributed by atoms with Gasteiger partial charge in [0.15, 0.2) is 0 Å². The van der Waals surface area contributed by atoms with Crippen LogP contribution in [0.5, 0.6) is 0 Å². The molecule has 4 aromatic rings. The lowest BCUT2D eigenvalue weighted by Gasteiger charge is -2.07. The van der Waals surface area contributed by atoms with Gasteiger partial charge in [0.05, 0.1) is 17.6 Å². The highest BCUT2D eigenvalue weighted by Gasteiger charge is 2.08. The summed E-state index contributed by atoms with van der Waals surface area (Å²) in [7, 11) is 0. The summed E-state index contributed by atoms with van der Waals surface area (Å²) >= 11 is 5.92. The van der Waals surface area contributed by atoms with Crippen LogP contribution >= 0.6 is 11.6 Å². The van der Waals surface area contributed by atoms with E-state index in [4.69, 9.17) is 11.6 Å². The third-order valence-electron chi connectivity index (χ3n) is 4.09. The van der Waals surface area contributed by atoms with E-state index in [1.807, 2.05) is 72.8 Å². The van der Waals surface area contributed by atoms with Gasteiger partial charge in [0.2, 0.25) is 0 Å². The summed E-state index contributed by atoms with van der Waals surface area (Å²) in [6, 6.07) is 23.3. The van der Waals surface area contributed by atoms with Gasteiger partial charge < -0.3 is 10.3 Å². The first-order valence-corrected chi connectivity index (χ1v) is 8.36. The Morgan fingerprint density at radius 2 is 1.68 bits per heavy atom. The Bertz CT molecular complexity index is 1070. The molecule has 5 heteroatoms. The van der Waals surface area contributed by atoms with E-state index in [2.05, 4.69) is 10.3 Å². The normalized spacial score (nSPS) is 10.9. The van der Waals surface area contributed by atoms with Gasteiger partial charge in [0, 0.05) is 16.4 Å². The second-order valence-corrected chi connectivity index (χ2v) is 6.30. The zero-order valence-corrected chi connectivity index (χ0v) is 14.1. The molecule has 0 spiro atoms. The van der Waals surface area contributed by atoms with E-state index >= 15 is 0 Å². The van der Waals surface area contributed by atoms with Gasteiger partial charge >= 0.3 is 5.69 Å². The Labute approximate surface area is 149 Å². The molecule has 1 heterocycles. The van der Waals surface area contributed by atoms with Crippen LogP contribution in [0.15, 0.2) is 77.6 Å². The average molecular weight is 350 g/mol. The van der Waals surface area contributed by atoms with Crippen molar-refractivity contribution < 1.29 is 0 Å². The van der Waals surface area contributed by atoms with E-state index in [-0.39, 0.29) is 5.69 Å². The standard InChI is InChI=1S/C20H16ClN3O/c21-15-8-6-14(7-9-15)13-24-19-11-10-17(12-18(19)23-20(24)25)22-16-4-2-1-3-5-16/h1-12,22H,13H2,(H,23,25). The number of nitrogens with one attached hydrogen (secondary N) is 2. The molecule has 1 aromatic heterocycles. The lowest BCUT2D eigenvalue weighted by Crippen LogP contribution is -2.17. The van der Waals surface area contributed by atoms with Crippen molar-refractivity contribution in [1.29, 1.82) is 0 Å². The molecule has 4 nitrogen and oxygen atoms in total. The molecule has 0 aliphatic heterocycles. The first-order chi connectivity index (χ1) is 12.2. The number of benzene rings is 3. The Morgan fingerprint density at radius 1 is 0.920 bits per heavy atom. The predicted molar refractivity (Wildman–Crippen MR) is 103 cm³/mol. The fraction of sp³-hybridized carbons (Fsp3) is 0.0500. The summed E-state index contributed by atoms with van der Waals surface area (Å²) in [5.74, 6) is 0. The van der Waals surface area contributed by atoms with Crippen LogP contribution in [0.2, 0.25) is 5.02 Å². The zero-order chi connectivity index (χ0) is 17.2. The predicted octanol–water partition coefficient (Wildman–Crippen LogP) is 4.77. The molecule has 2 N–H and O–H groups in total. The number of anilines is 2. The summed E-state index contributed by atoms with van der Waals surface area (Å²) in [4.78, 5) is 15.3. The van der Waals surface area contributed by atoms with Crippen LogP contribution in [0.4, 0.5) is 11.4 Å². The Hall–Kier alpha value is -2.98. The Kier molecular flexibility index (Phi) is 4.04. The van der Waals surface area contributed by atoms with Crippen molar-refractivity contribution >= 4 is 34.0 Å². The largest absolute Gasteiger partial charge is 0.355 e. The van der Waals surface area contributed by atoms with E-state index in [9.17, 15) is 4.79 Å². The Morgan fingerprint density at radius 3 is 2.44 bits per heavy atom. The monoisotopic (exact) mass is 349 g/mol. The first kappa shape index (κ1) is 15.5. The molecule has 4 rings (SSSR count). The van der Waals surface area contributed by atoms with Crippen LogP contribution in [-0.4, -0.2) is 9.55 Å². The Balaban J connectivity index is 1.66. The third kappa shape index (κ3) is 3.30. The van der Waals surface area contributed by atoms with Gasteiger partial charge in [-0.3, -0.25) is 4.57 Å². The van der Waals surface area contributed by atoms with Gasteiger partial charge in [-0.15, -0.1) is 0 Å². The van der Waals surface area contributed by atoms with Crippen LogP contribution in [-0.2, 0) is 6.54 Å². The van der Waals surface area contributed by atoms with Gasteiger partial charge in [-0.25, -0.2) is 4.79 Å². The summed E-state index contributed by atoms with van der Waals surface area (Å²) in [6.45, 7) is 0.501. The number of fused-ring (bicyclic) bond motifs is 1. The molecule has 0 atom stereocenters. The highest BCUT2D eigenvalue weighted by atomic mass is 35.5. The fourth-order valence-electron chi connectivity index (χ4n) is 2.86. The number of aromatic amines is 1. The van der Waals surface area contributed by atoms with Crippen molar-refractivity contribution in [2.24, 2.45) is 0 Å². The van der Waals surface area contributed by atoms with E-state index in [1.165, 1.54) is 0 Å². The molecule has 124 valence electrons. The molecule has 0 bridgehead atoms. The van der Waals surface area contributed by atoms with Gasteiger partial charge in [0.1, 0.15) is 0 Å². The number of nitrogens with zero attached hydrogens (tertiary/aromatic N) is 1. The number of halogens is 1. The minimum absolute atomic E-state index is 0.123. The molecule has 0 radical (unpaired) electrons. The summed E-state index contributed by atoms with van der Waals surface area (Å²) in [5, 5.41) is 4.02. The average Bonchev–Trinajstić information content (AvgIpc) is 2.92. The fourth-order valence-corrected chi connectivity index (χ4v) is 2.98. The van der Waals surface area contributed by atoms with Crippen LogP contribution in [0, 0.1) is 0 Å². The molecule has 0 aliphatic rings. The number of rotatable bonds is 4. The minimum atomic E-state index is -0.123. The van der Waals surface area contributed by atoms with E-state index < -0.39 is 0 Å². The first-order valence-electron chi connectivity index (χ1n) is 7.98. The lowest BCUT2D eigenvalue weighted by atomic mass is 10.2. The van der Waals surface area contributed by atoms with E-state index in [0.29, 0.717) is 11.6 Å². The van der Waals surface area contributed by atoms with Gasteiger partial charge in [0.25, 0.3) is 0 Å². The second kappa shape index (κ2) is 6.49. The topological polar surface area (TPSA) is 49.8 Å². The molecule has 0 saturated heterocycles. The number of para-hydroxylation sites is 1. The molecular formula is C20H16ClN3O. The lowest BCUT2D eigenvalue weighted by molar-refractivity contribution is 0.787. The zero-order valence-electron chi connectivity index (χ0n) is 13.4. The molecule has 0 amide bonds. The molecule has 0 saturated carbocycles. The molecule has 25 heavy (non-hydrogen) atoms. The van der Waals surface area contributed by atoms with Crippen LogP contribution in [0.3, 0.4) is 0 Å². The maximum atomic E-state index is 12.3. The quantitative estimate of drug-likeness (QED) is 0.557. The van der Waals surface area contributed by atoms with Crippen molar-refractivity contribution in [3.05, 3.63) is 93.9 Å². The number of H-pyrrole nitrogens is 1. The third-order valence-corrected chi connectivity index (χ3v) is 4.34. The highest BCUT2D eigenvalue weighted by Crippen LogP contribution is 2.21. The number of hydrogen-bond acceptors (Lipinski definition) is 2. The van der Waals surface area contributed by atoms with Crippen molar-refractivity contribution in [3.63, 3.8) is 0 Å². The smallest absolute Gasteiger partial charge is 0.326 e. The summed E-state index contributed by atoms with van der Waals surface area (Å²) < 4.78 is 1.73. The second-order valence-electron chi connectivity index (χ2n) is 5.87. The molecule has 3 aromatic carbocycles. The highest BCUT2D eigenvalue weighted by molar-refractivity contribution is 6.30.